The Hall–Kier alpha value is -2.08. The Morgan fingerprint density at radius 3 is 2.85 bits per heavy atom. The first-order valence-corrected chi connectivity index (χ1v) is 7.28. The summed E-state index contributed by atoms with van der Waals surface area (Å²) in [4.78, 5) is 20.2. The van der Waals surface area contributed by atoms with Crippen molar-refractivity contribution in [1.82, 2.24) is 15.3 Å². The monoisotopic (exact) mass is 287 g/mol. The highest BCUT2D eigenvalue weighted by Crippen LogP contribution is 2.24. The first-order valence-electron chi connectivity index (χ1n) is 6.29. The van der Waals surface area contributed by atoms with E-state index in [0.29, 0.717) is 17.7 Å². The smallest absolute Gasteiger partial charge is 0.257 e. The van der Waals surface area contributed by atoms with Crippen LogP contribution in [-0.4, -0.2) is 27.9 Å². The molecule has 0 aliphatic carbocycles. The molecule has 0 fully saturated rings. The molecule has 3 rings (SSSR count). The average molecular weight is 287 g/mol. The maximum Gasteiger partial charge on any atom is 0.257 e. The first-order chi connectivity index (χ1) is 9.83. The lowest BCUT2D eigenvalue weighted by molar-refractivity contribution is 0.0752. The summed E-state index contributed by atoms with van der Waals surface area (Å²) in [5, 5.41) is 3.58. The Morgan fingerprint density at radius 1 is 1.20 bits per heavy atom. The van der Waals surface area contributed by atoms with E-state index in [-0.39, 0.29) is 12.1 Å². The van der Waals surface area contributed by atoms with Gasteiger partial charge in [-0.2, -0.15) is 0 Å². The van der Waals surface area contributed by atoms with Gasteiger partial charge in [0.15, 0.2) is 11.4 Å². The van der Waals surface area contributed by atoms with Crippen LogP contribution in [0.15, 0.2) is 47.9 Å². The molecule has 102 valence electrons. The van der Waals surface area contributed by atoms with Crippen molar-refractivity contribution in [2.24, 2.45) is 0 Å². The highest BCUT2D eigenvalue weighted by molar-refractivity contribution is 7.99. The summed E-state index contributed by atoms with van der Waals surface area (Å²) in [5.41, 5.74) is 0.586. The van der Waals surface area contributed by atoms with Crippen LogP contribution in [0, 0.1) is 0 Å². The van der Waals surface area contributed by atoms with Crippen molar-refractivity contribution in [1.29, 1.82) is 0 Å². The van der Waals surface area contributed by atoms with Crippen LogP contribution in [0.3, 0.4) is 0 Å². The Balaban J connectivity index is 1.57. The lowest BCUT2D eigenvalue weighted by Gasteiger charge is -2.26. The minimum absolute atomic E-state index is 0.0854. The number of carbonyl (C=O) groups excluding carboxylic acids is 1. The van der Waals surface area contributed by atoms with Gasteiger partial charge in [-0.25, -0.2) is 9.97 Å². The number of hydrogen-bond donors (Lipinski definition) is 1. The van der Waals surface area contributed by atoms with E-state index in [1.54, 1.807) is 36.3 Å². The van der Waals surface area contributed by atoms with Gasteiger partial charge in [-0.15, -0.1) is 0 Å². The summed E-state index contributed by atoms with van der Waals surface area (Å²) in [5.74, 6) is 1.33. The van der Waals surface area contributed by atoms with Crippen molar-refractivity contribution in [3.8, 4) is 5.75 Å². The third kappa shape index (κ3) is 2.91. The van der Waals surface area contributed by atoms with E-state index >= 15 is 0 Å². The molecule has 1 aromatic carbocycles. The lowest BCUT2D eigenvalue weighted by atomic mass is 10.1. The minimum atomic E-state index is -0.298. The van der Waals surface area contributed by atoms with Crippen LogP contribution in [0.4, 0.5) is 0 Å². The number of ether oxygens (including phenoxy) is 1. The van der Waals surface area contributed by atoms with Crippen LogP contribution in [-0.2, 0) is 0 Å². The summed E-state index contributed by atoms with van der Waals surface area (Å²) in [6, 6.07) is 9.04. The maximum atomic E-state index is 11.9. The topological polar surface area (TPSA) is 64.1 Å². The van der Waals surface area contributed by atoms with Crippen LogP contribution < -0.4 is 10.1 Å². The van der Waals surface area contributed by atoms with Gasteiger partial charge in [0.1, 0.15) is 5.75 Å². The summed E-state index contributed by atoms with van der Waals surface area (Å²) in [7, 11) is 0. The maximum absolute atomic E-state index is 11.9. The van der Waals surface area contributed by atoms with Gasteiger partial charge >= 0.3 is 0 Å². The van der Waals surface area contributed by atoms with Gasteiger partial charge in [0.2, 0.25) is 0 Å². The van der Waals surface area contributed by atoms with E-state index in [1.807, 2.05) is 18.2 Å². The first kappa shape index (κ1) is 12.9. The normalized spacial score (nSPS) is 17.0. The van der Waals surface area contributed by atoms with Crippen molar-refractivity contribution in [2.75, 3.05) is 5.75 Å². The molecular formula is C14H13N3O2S. The molecule has 1 amide bonds. The minimum Gasteiger partial charge on any atom is -0.470 e. The number of benzene rings is 1. The number of nitrogens with zero attached hydrogens (tertiary/aromatic N) is 2. The van der Waals surface area contributed by atoms with Crippen LogP contribution in [0.1, 0.15) is 16.8 Å². The molecule has 1 aliphatic rings. The van der Waals surface area contributed by atoms with E-state index in [9.17, 15) is 4.79 Å². The summed E-state index contributed by atoms with van der Waals surface area (Å²) in [6.07, 6.45) is 3.83. The number of para-hydroxylation sites is 1. The van der Waals surface area contributed by atoms with E-state index in [2.05, 4.69) is 15.3 Å². The Morgan fingerprint density at radius 2 is 2.00 bits per heavy atom. The summed E-state index contributed by atoms with van der Waals surface area (Å²) in [6.45, 7) is 0. The molecule has 1 aromatic heterocycles. The third-order valence-corrected chi connectivity index (χ3v) is 3.76. The molecule has 0 saturated carbocycles. The molecule has 6 heteroatoms. The molecule has 0 saturated heterocycles. The molecule has 0 bridgehead atoms. The van der Waals surface area contributed by atoms with E-state index in [1.165, 1.54) is 0 Å². The van der Waals surface area contributed by atoms with Crippen LogP contribution >= 0.6 is 11.8 Å². The van der Waals surface area contributed by atoms with E-state index in [4.69, 9.17) is 4.74 Å². The van der Waals surface area contributed by atoms with Crippen molar-refractivity contribution in [3.63, 3.8) is 0 Å². The third-order valence-electron chi connectivity index (χ3n) is 2.85. The molecule has 5 nitrogen and oxygen atoms in total. The molecule has 1 aliphatic heterocycles. The average Bonchev–Trinajstić information content (AvgIpc) is 2.48. The van der Waals surface area contributed by atoms with Gasteiger partial charge in [0.25, 0.3) is 5.91 Å². The quantitative estimate of drug-likeness (QED) is 0.689. The van der Waals surface area contributed by atoms with E-state index in [0.717, 1.165) is 10.9 Å². The molecule has 0 unspecified atom stereocenters. The van der Waals surface area contributed by atoms with Gasteiger partial charge < -0.3 is 10.1 Å². The predicted molar refractivity (Wildman–Crippen MR) is 75.7 cm³/mol. The second-order valence-corrected chi connectivity index (χ2v) is 5.31. The van der Waals surface area contributed by atoms with Gasteiger partial charge in [0.05, 0.1) is 5.56 Å². The Bertz CT molecular complexity index is 606. The second kappa shape index (κ2) is 5.92. The van der Waals surface area contributed by atoms with Gasteiger partial charge in [-0.1, -0.05) is 23.9 Å². The lowest BCUT2D eigenvalue weighted by Crippen LogP contribution is -2.43. The second-order valence-electron chi connectivity index (χ2n) is 4.24. The fourth-order valence-corrected chi connectivity index (χ4v) is 2.70. The predicted octanol–water partition coefficient (Wildman–Crippen LogP) is 2.11. The molecule has 0 spiro atoms. The standard InChI is InChI=1S/C14H13N3O2S/c18-13-10-4-1-2-5-11(10)19-12(17-13)6-9-20-14-15-7-3-8-16-14/h1-5,7-8,12H,6,9H2,(H,17,18)/t12-/m0/s1. The Labute approximate surface area is 120 Å². The zero-order valence-electron chi connectivity index (χ0n) is 10.7. The highest BCUT2D eigenvalue weighted by atomic mass is 32.2. The van der Waals surface area contributed by atoms with E-state index < -0.39 is 0 Å². The number of hydrogen-bond acceptors (Lipinski definition) is 5. The van der Waals surface area contributed by atoms with Gasteiger partial charge in [0, 0.05) is 24.6 Å². The number of thioether (sulfide) groups is 1. The zero-order chi connectivity index (χ0) is 13.8. The van der Waals surface area contributed by atoms with Crippen LogP contribution in [0.5, 0.6) is 5.75 Å². The largest absolute Gasteiger partial charge is 0.470 e. The van der Waals surface area contributed by atoms with Crippen LogP contribution in [0.2, 0.25) is 0 Å². The number of amides is 1. The number of fused-ring (bicyclic) bond motifs is 1. The zero-order valence-corrected chi connectivity index (χ0v) is 11.5. The SMILES string of the molecule is O=C1N[C@H](CCSc2ncccn2)Oc2ccccc21. The molecule has 0 radical (unpaired) electrons. The number of rotatable bonds is 4. The summed E-state index contributed by atoms with van der Waals surface area (Å²) >= 11 is 1.54. The van der Waals surface area contributed by atoms with Crippen molar-refractivity contribution in [2.45, 2.75) is 17.8 Å². The van der Waals surface area contributed by atoms with Crippen molar-refractivity contribution >= 4 is 17.7 Å². The fraction of sp³-hybridized carbons (Fsp3) is 0.214. The van der Waals surface area contributed by atoms with Crippen molar-refractivity contribution in [3.05, 3.63) is 48.3 Å². The summed E-state index contributed by atoms with van der Waals surface area (Å²) < 4.78 is 5.75. The number of aromatic nitrogens is 2. The molecule has 2 heterocycles. The Kier molecular flexibility index (Phi) is 3.83. The molecule has 2 aromatic rings. The van der Waals surface area contributed by atoms with Gasteiger partial charge in [-0.05, 0) is 18.2 Å². The number of carbonyl (C=O) groups is 1. The molecule has 20 heavy (non-hydrogen) atoms. The molecule has 1 N–H and O–H groups in total. The van der Waals surface area contributed by atoms with Gasteiger partial charge in [-0.3, -0.25) is 4.79 Å². The fourth-order valence-electron chi connectivity index (χ4n) is 1.91. The molecular weight excluding hydrogens is 274 g/mol. The van der Waals surface area contributed by atoms with Crippen LogP contribution in [0.25, 0.3) is 0 Å². The number of nitrogens with one attached hydrogen (secondary N) is 1. The highest BCUT2D eigenvalue weighted by Gasteiger charge is 2.24. The molecule has 1 atom stereocenters. The van der Waals surface area contributed by atoms with Crippen molar-refractivity contribution < 1.29 is 9.53 Å².